The minimum absolute atomic E-state index is 0.115. The molecule has 1 aromatic heterocycles. The van der Waals surface area contributed by atoms with Crippen LogP contribution in [0.1, 0.15) is 44.3 Å². The Morgan fingerprint density at radius 3 is 2.59 bits per heavy atom. The van der Waals surface area contributed by atoms with Gasteiger partial charge < -0.3 is 20.9 Å². The van der Waals surface area contributed by atoms with E-state index >= 15 is 0 Å². The van der Waals surface area contributed by atoms with E-state index in [2.05, 4.69) is 10.1 Å². The number of thiophene rings is 1. The summed E-state index contributed by atoms with van der Waals surface area (Å²) >= 11 is 0.995. The van der Waals surface area contributed by atoms with Crippen molar-refractivity contribution >= 4 is 29.0 Å². The van der Waals surface area contributed by atoms with Crippen LogP contribution in [0.4, 0.5) is 0 Å². The summed E-state index contributed by atoms with van der Waals surface area (Å²) < 4.78 is 4.60. The van der Waals surface area contributed by atoms with Crippen molar-refractivity contribution in [3.63, 3.8) is 0 Å². The highest BCUT2D eigenvalue weighted by atomic mass is 32.1. The maximum atomic E-state index is 12.7. The van der Waals surface area contributed by atoms with Gasteiger partial charge in [-0.2, -0.15) is 0 Å². The molecule has 0 aliphatic carbocycles. The number of ketones is 1. The lowest BCUT2D eigenvalue weighted by atomic mass is 9.94. The molecule has 1 aromatic carbocycles. The molecule has 0 aliphatic rings. The van der Waals surface area contributed by atoms with E-state index in [4.69, 9.17) is 5.73 Å². The van der Waals surface area contributed by atoms with Crippen LogP contribution < -0.4 is 11.1 Å². The molecule has 4 N–H and O–H groups in total. The number of Topliss-reactive ketones (excluding diaryl/α,β-unsaturated/α-hetero) is 1. The first-order valence-electron chi connectivity index (χ1n) is 8.31. The minimum Gasteiger partial charge on any atom is -0.508 e. The Bertz CT molecular complexity index is 873. The average molecular weight is 390 g/mol. The van der Waals surface area contributed by atoms with Gasteiger partial charge in [0, 0.05) is 6.54 Å². The second-order valence-corrected chi connectivity index (χ2v) is 7.25. The van der Waals surface area contributed by atoms with Gasteiger partial charge in [0.05, 0.1) is 16.9 Å². The third kappa shape index (κ3) is 4.53. The zero-order valence-electron chi connectivity index (χ0n) is 15.4. The van der Waals surface area contributed by atoms with Crippen LogP contribution in [0.15, 0.2) is 30.3 Å². The summed E-state index contributed by atoms with van der Waals surface area (Å²) in [5.74, 6) is -1.65. The molecule has 1 atom stereocenters. The molecular weight excluding hydrogens is 368 g/mol. The molecule has 2 rings (SSSR count). The number of methoxy groups -OCH3 is 1. The normalized spacial score (nSPS) is 12.9. The third-order valence-electron chi connectivity index (χ3n) is 4.06. The van der Waals surface area contributed by atoms with Gasteiger partial charge in [0.2, 0.25) is 5.78 Å². The number of aryl methyl sites for hydroxylation is 1. The van der Waals surface area contributed by atoms with Crippen molar-refractivity contribution < 1.29 is 24.2 Å². The lowest BCUT2D eigenvalue weighted by molar-refractivity contribution is -0.144. The molecule has 0 saturated heterocycles. The van der Waals surface area contributed by atoms with Gasteiger partial charge >= 0.3 is 5.97 Å². The smallest absolute Gasteiger partial charge is 0.333 e. The Hall–Kier alpha value is -2.71. The van der Waals surface area contributed by atoms with E-state index in [0.29, 0.717) is 16.9 Å². The number of ether oxygens (including phenoxy) is 1. The van der Waals surface area contributed by atoms with Crippen molar-refractivity contribution in [3.8, 4) is 5.75 Å². The van der Waals surface area contributed by atoms with Crippen LogP contribution in [0.5, 0.6) is 5.75 Å². The van der Waals surface area contributed by atoms with Crippen molar-refractivity contribution in [2.75, 3.05) is 7.11 Å². The van der Waals surface area contributed by atoms with E-state index in [0.717, 1.165) is 24.0 Å². The molecule has 1 amide bonds. The van der Waals surface area contributed by atoms with E-state index in [1.807, 2.05) is 6.92 Å². The number of amides is 1. The maximum absolute atomic E-state index is 12.7. The summed E-state index contributed by atoms with van der Waals surface area (Å²) in [4.78, 5) is 37.6. The van der Waals surface area contributed by atoms with Gasteiger partial charge in [0.1, 0.15) is 5.75 Å². The number of nitrogens with two attached hydrogens (primary N) is 1. The highest BCUT2D eigenvalue weighted by Gasteiger charge is 2.40. The monoisotopic (exact) mass is 390 g/mol. The van der Waals surface area contributed by atoms with Crippen LogP contribution in [0.3, 0.4) is 0 Å². The van der Waals surface area contributed by atoms with Crippen LogP contribution >= 0.6 is 11.3 Å². The highest BCUT2D eigenvalue weighted by Crippen LogP contribution is 2.27. The molecule has 0 saturated carbocycles. The minimum atomic E-state index is -1.82. The zero-order valence-corrected chi connectivity index (χ0v) is 16.2. The van der Waals surface area contributed by atoms with Gasteiger partial charge in [-0.15, -0.1) is 11.3 Å². The first kappa shape index (κ1) is 20.6. The summed E-state index contributed by atoms with van der Waals surface area (Å²) in [6.07, 6.45) is 0.509. The zero-order chi connectivity index (χ0) is 20.2. The summed E-state index contributed by atoms with van der Waals surface area (Å²) in [6.45, 7) is 3.37. The van der Waals surface area contributed by atoms with Crippen LogP contribution in [0.2, 0.25) is 0 Å². The number of hydrogen-bond acceptors (Lipinski definition) is 7. The Kier molecular flexibility index (Phi) is 6.35. The Labute approximate surface area is 161 Å². The number of rotatable bonds is 7. The number of hydrogen-bond donors (Lipinski definition) is 3. The number of benzene rings is 1. The molecule has 0 bridgehead atoms. The Morgan fingerprint density at radius 2 is 2.00 bits per heavy atom. The van der Waals surface area contributed by atoms with Gasteiger partial charge in [0.25, 0.3) is 5.91 Å². The molecular formula is C19H22N2O5S. The topological polar surface area (TPSA) is 119 Å². The first-order chi connectivity index (χ1) is 12.7. The van der Waals surface area contributed by atoms with Crippen molar-refractivity contribution in [2.24, 2.45) is 5.73 Å². The second-order valence-electron chi connectivity index (χ2n) is 6.19. The largest absolute Gasteiger partial charge is 0.508 e. The summed E-state index contributed by atoms with van der Waals surface area (Å²) in [5.41, 5.74) is 5.43. The van der Waals surface area contributed by atoms with Crippen molar-refractivity contribution in [1.82, 2.24) is 5.32 Å². The molecule has 2 aromatic rings. The van der Waals surface area contributed by atoms with Gasteiger partial charge in [-0.1, -0.05) is 19.1 Å². The Morgan fingerprint density at radius 1 is 1.30 bits per heavy atom. The lowest BCUT2D eigenvalue weighted by Gasteiger charge is -2.19. The summed E-state index contributed by atoms with van der Waals surface area (Å²) in [6, 6.07) is 8.18. The molecule has 144 valence electrons. The van der Waals surface area contributed by atoms with Crippen molar-refractivity contribution in [1.29, 1.82) is 0 Å². The lowest BCUT2D eigenvalue weighted by Crippen LogP contribution is -2.52. The van der Waals surface area contributed by atoms with Gasteiger partial charge in [0.15, 0.2) is 5.54 Å². The molecule has 8 heteroatoms. The molecule has 1 unspecified atom stereocenters. The van der Waals surface area contributed by atoms with Crippen LogP contribution in [0, 0.1) is 0 Å². The number of nitrogens with one attached hydrogen (secondary N) is 1. The van der Waals surface area contributed by atoms with Crippen LogP contribution in [0.25, 0.3) is 0 Å². The quantitative estimate of drug-likeness (QED) is 0.378. The third-order valence-corrected chi connectivity index (χ3v) is 5.24. The average Bonchev–Trinajstić information content (AvgIpc) is 3.09. The van der Waals surface area contributed by atoms with E-state index in [1.165, 1.54) is 6.92 Å². The molecule has 7 nitrogen and oxygen atoms in total. The summed E-state index contributed by atoms with van der Waals surface area (Å²) in [5, 5.41) is 12.2. The van der Waals surface area contributed by atoms with E-state index < -0.39 is 17.3 Å². The maximum Gasteiger partial charge on any atom is 0.333 e. The fraction of sp³-hybridized carbons (Fsp3) is 0.316. The molecule has 0 spiro atoms. The molecule has 0 fully saturated rings. The second kappa shape index (κ2) is 8.32. The number of aromatic hydroxyl groups is 1. The summed E-state index contributed by atoms with van der Waals surface area (Å²) in [7, 11) is 1.16. The number of carbonyl (C=O) groups excluding carboxylic acids is 3. The van der Waals surface area contributed by atoms with Crippen LogP contribution in [-0.2, 0) is 22.5 Å². The van der Waals surface area contributed by atoms with Crippen molar-refractivity contribution in [2.45, 2.75) is 32.4 Å². The fourth-order valence-corrected chi connectivity index (χ4v) is 3.70. The van der Waals surface area contributed by atoms with Gasteiger partial charge in [-0.25, -0.2) is 4.79 Å². The van der Waals surface area contributed by atoms with E-state index in [9.17, 15) is 19.5 Å². The molecule has 0 aliphatic heterocycles. The first-order valence-corrected chi connectivity index (χ1v) is 9.13. The number of carbonyl (C=O) groups is 3. The number of phenolic OH excluding ortho intramolecular Hbond substituents is 1. The van der Waals surface area contributed by atoms with Gasteiger partial charge in [-0.05, 0) is 42.7 Å². The van der Waals surface area contributed by atoms with Crippen LogP contribution in [-0.4, -0.2) is 35.4 Å². The molecule has 1 heterocycles. The van der Waals surface area contributed by atoms with Crippen molar-refractivity contribution in [3.05, 3.63) is 51.2 Å². The predicted octanol–water partition coefficient (Wildman–Crippen LogP) is 2.02. The van der Waals surface area contributed by atoms with E-state index in [-0.39, 0.29) is 23.1 Å². The van der Waals surface area contributed by atoms with E-state index in [1.54, 1.807) is 30.3 Å². The predicted molar refractivity (Wildman–Crippen MR) is 102 cm³/mol. The molecule has 27 heavy (non-hydrogen) atoms. The number of phenols is 1. The SMILES string of the molecule is CCc1cc(C(=O)NCc2cccc(O)c2)sc1C(=O)C(C)(N)C(=O)OC. The number of esters is 1. The van der Waals surface area contributed by atoms with Gasteiger partial charge in [-0.3, -0.25) is 9.59 Å². The molecule has 0 radical (unpaired) electrons. The standard InChI is InChI=1S/C19H22N2O5S/c1-4-12-9-14(17(24)21-10-11-6-5-7-13(22)8-11)27-15(12)16(23)19(2,20)18(25)26-3/h5-9,22H,4,10,20H2,1-3H3,(H,21,24). The highest BCUT2D eigenvalue weighted by molar-refractivity contribution is 7.16. The fourth-order valence-electron chi connectivity index (χ4n) is 2.47. The Balaban J connectivity index is 2.21.